The molecule has 1 aromatic carbocycles. The number of para-hydroxylation sites is 1. The van der Waals surface area contributed by atoms with Gasteiger partial charge in [-0.1, -0.05) is 18.2 Å². The summed E-state index contributed by atoms with van der Waals surface area (Å²) in [5, 5.41) is 7.46. The number of aliphatic imine (C=N–C) groups is 1. The van der Waals surface area contributed by atoms with E-state index in [9.17, 15) is 4.79 Å². The van der Waals surface area contributed by atoms with Gasteiger partial charge in [0.15, 0.2) is 5.96 Å². The molecule has 158 valence electrons. The van der Waals surface area contributed by atoms with Gasteiger partial charge in [-0.2, -0.15) is 0 Å². The topological polar surface area (TPSA) is 72.9 Å². The molecule has 1 fully saturated rings. The van der Waals surface area contributed by atoms with Gasteiger partial charge in [0.2, 0.25) is 5.91 Å². The van der Waals surface area contributed by atoms with Crippen LogP contribution in [0.1, 0.15) is 16.3 Å². The number of hydrogen-bond acceptors (Lipinski definition) is 5. The first kappa shape index (κ1) is 23.4. The minimum atomic E-state index is 0. The van der Waals surface area contributed by atoms with Crippen molar-refractivity contribution < 1.29 is 4.79 Å². The summed E-state index contributed by atoms with van der Waals surface area (Å²) in [5.74, 6) is 0.876. The Bertz CT molecular complexity index is 789. The van der Waals surface area contributed by atoms with E-state index in [2.05, 4.69) is 49.8 Å². The van der Waals surface area contributed by atoms with Gasteiger partial charge in [0.05, 0.1) is 6.54 Å². The number of piperazine rings is 1. The molecule has 0 radical (unpaired) electrons. The lowest BCUT2D eigenvalue weighted by Gasteiger charge is -2.36. The molecule has 2 aromatic rings. The molecule has 1 aliphatic heterocycles. The summed E-state index contributed by atoms with van der Waals surface area (Å²) in [6, 6.07) is 10.4. The molecule has 3 rings (SSSR count). The zero-order valence-electron chi connectivity index (χ0n) is 16.9. The van der Waals surface area contributed by atoms with Crippen LogP contribution in [0.4, 0.5) is 5.69 Å². The monoisotopic (exact) mass is 528 g/mol. The van der Waals surface area contributed by atoms with Gasteiger partial charge >= 0.3 is 0 Å². The lowest BCUT2D eigenvalue weighted by molar-refractivity contribution is -0.131. The highest BCUT2D eigenvalue weighted by Gasteiger charge is 2.20. The Morgan fingerprint density at radius 2 is 1.90 bits per heavy atom. The van der Waals surface area contributed by atoms with Crippen molar-refractivity contribution in [3.63, 3.8) is 0 Å². The number of aryl methyl sites for hydroxylation is 1. The molecule has 2 heterocycles. The van der Waals surface area contributed by atoms with Gasteiger partial charge in [-0.3, -0.25) is 9.79 Å². The Balaban J connectivity index is 0.00000300. The first-order valence-electron chi connectivity index (χ1n) is 9.59. The number of benzene rings is 1. The summed E-state index contributed by atoms with van der Waals surface area (Å²) in [6.07, 6.45) is 2.33. The van der Waals surface area contributed by atoms with E-state index in [1.165, 1.54) is 10.6 Å². The van der Waals surface area contributed by atoms with E-state index in [1.807, 2.05) is 24.1 Å². The fourth-order valence-corrected chi connectivity index (χ4v) is 3.89. The zero-order valence-corrected chi connectivity index (χ0v) is 20.1. The lowest BCUT2D eigenvalue weighted by Crippen LogP contribution is -2.49. The van der Waals surface area contributed by atoms with Crippen LogP contribution in [0, 0.1) is 6.92 Å². The lowest BCUT2D eigenvalue weighted by atomic mass is 10.2. The van der Waals surface area contributed by atoms with Crippen molar-refractivity contribution in [2.24, 2.45) is 4.99 Å². The van der Waals surface area contributed by atoms with Crippen molar-refractivity contribution in [2.75, 3.05) is 44.7 Å². The van der Waals surface area contributed by atoms with Crippen molar-refractivity contribution >= 4 is 52.9 Å². The Labute approximate surface area is 193 Å². The largest absolute Gasteiger partial charge is 0.368 e. The molecule has 0 unspecified atom stereocenters. The number of anilines is 1. The number of nitrogens with one attached hydrogen (secondary N) is 2. The third-order valence-electron chi connectivity index (χ3n) is 4.68. The predicted octanol–water partition coefficient (Wildman–Crippen LogP) is 2.47. The molecule has 1 saturated heterocycles. The van der Waals surface area contributed by atoms with Gasteiger partial charge in [-0.15, -0.1) is 35.3 Å². The number of rotatable bonds is 6. The first-order chi connectivity index (χ1) is 13.7. The number of aromatic nitrogens is 1. The van der Waals surface area contributed by atoms with Gasteiger partial charge in [-0.25, -0.2) is 4.98 Å². The maximum Gasteiger partial charge on any atom is 0.224 e. The maximum absolute atomic E-state index is 12.5. The molecule has 1 aromatic heterocycles. The second kappa shape index (κ2) is 12.0. The molecule has 0 spiro atoms. The third kappa shape index (κ3) is 7.14. The number of carbonyl (C=O) groups is 1. The van der Waals surface area contributed by atoms with Crippen molar-refractivity contribution in [2.45, 2.75) is 19.9 Å². The predicted molar refractivity (Wildman–Crippen MR) is 130 cm³/mol. The van der Waals surface area contributed by atoms with E-state index in [1.54, 1.807) is 18.4 Å². The van der Waals surface area contributed by atoms with Crippen LogP contribution in [-0.2, 0) is 11.3 Å². The van der Waals surface area contributed by atoms with Crippen molar-refractivity contribution in [3.05, 3.63) is 46.4 Å². The summed E-state index contributed by atoms with van der Waals surface area (Å²) < 4.78 is 0. The van der Waals surface area contributed by atoms with E-state index in [0.717, 1.165) is 31.2 Å². The first-order valence-corrected chi connectivity index (χ1v) is 10.4. The summed E-state index contributed by atoms with van der Waals surface area (Å²) in [7, 11) is 1.73. The highest BCUT2D eigenvalue weighted by Crippen LogP contribution is 2.15. The minimum absolute atomic E-state index is 0. The minimum Gasteiger partial charge on any atom is -0.368 e. The molecule has 7 nitrogen and oxygen atoms in total. The Morgan fingerprint density at radius 1 is 1.17 bits per heavy atom. The van der Waals surface area contributed by atoms with E-state index in [4.69, 9.17) is 0 Å². The number of hydrogen-bond donors (Lipinski definition) is 2. The molecule has 0 bridgehead atoms. The van der Waals surface area contributed by atoms with Crippen LogP contribution in [0.3, 0.4) is 0 Å². The van der Waals surface area contributed by atoms with E-state index in [0.29, 0.717) is 25.5 Å². The van der Waals surface area contributed by atoms with Crippen LogP contribution >= 0.6 is 35.3 Å². The second-order valence-electron chi connectivity index (χ2n) is 6.67. The van der Waals surface area contributed by atoms with Gasteiger partial charge in [-0.05, 0) is 19.1 Å². The van der Waals surface area contributed by atoms with Crippen molar-refractivity contribution in [3.8, 4) is 0 Å². The summed E-state index contributed by atoms with van der Waals surface area (Å²) in [5.41, 5.74) is 1.22. The Hall–Kier alpha value is -1.88. The molecule has 9 heteroatoms. The van der Waals surface area contributed by atoms with Gasteiger partial charge < -0.3 is 20.4 Å². The average Bonchev–Trinajstić information content (AvgIpc) is 3.16. The van der Waals surface area contributed by atoms with Crippen LogP contribution in [0.15, 0.2) is 41.5 Å². The van der Waals surface area contributed by atoms with Crippen molar-refractivity contribution in [1.29, 1.82) is 0 Å². The summed E-state index contributed by atoms with van der Waals surface area (Å²) >= 11 is 1.67. The second-order valence-corrected chi connectivity index (χ2v) is 7.99. The fourth-order valence-electron chi connectivity index (χ4n) is 3.16. The molecular weight excluding hydrogens is 499 g/mol. The standard InChI is InChI=1S/C20H28N6OS.HI/c1-16-14-23-18(28-16)15-24-20(21-2)22-9-8-19(27)26-12-10-25(11-13-26)17-6-4-3-5-7-17;/h3-7,14H,8-13,15H2,1-2H3,(H2,21,22,24);1H. The van der Waals surface area contributed by atoms with Crippen LogP contribution in [0.2, 0.25) is 0 Å². The van der Waals surface area contributed by atoms with E-state index >= 15 is 0 Å². The van der Waals surface area contributed by atoms with Crippen LogP contribution < -0.4 is 15.5 Å². The normalized spacial score (nSPS) is 14.3. The smallest absolute Gasteiger partial charge is 0.224 e. The van der Waals surface area contributed by atoms with Gasteiger partial charge in [0, 0.05) is 63.0 Å². The fraction of sp³-hybridized carbons (Fsp3) is 0.450. The number of nitrogens with zero attached hydrogens (tertiary/aromatic N) is 4. The van der Waals surface area contributed by atoms with Crippen LogP contribution in [-0.4, -0.2) is 61.5 Å². The number of halogens is 1. The number of amides is 1. The quantitative estimate of drug-likeness (QED) is 0.343. The summed E-state index contributed by atoms with van der Waals surface area (Å²) in [4.78, 5) is 26.5. The number of thiazole rings is 1. The number of guanidine groups is 1. The highest BCUT2D eigenvalue weighted by molar-refractivity contribution is 14.0. The maximum atomic E-state index is 12.5. The van der Waals surface area contributed by atoms with Crippen molar-refractivity contribution in [1.82, 2.24) is 20.5 Å². The molecule has 29 heavy (non-hydrogen) atoms. The molecule has 1 amide bonds. The average molecular weight is 528 g/mol. The molecule has 0 saturated carbocycles. The molecule has 0 atom stereocenters. The molecular formula is C20H29IN6OS. The third-order valence-corrected chi connectivity index (χ3v) is 5.60. The molecule has 1 aliphatic rings. The van der Waals surface area contributed by atoms with E-state index < -0.39 is 0 Å². The molecule has 2 N–H and O–H groups in total. The summed E-state index contributed by atoms with van der Waals surface area (Å²) in [6.45, 7) is 6.52. The van der Waals surface area contributed by atoms with Crippen LogP contribution in [0.25, 0.3) is 0 Å². The SMILES string of the molecule is CN=C(NCCC(=O)N1CCN(c2ccccc2)CC1)NCc1ncc(C)s1.I. The Kier molecular flexibility index (Phi) is 9.65. The zero-order chi connectivity index (χ0) is 19.8. The van der Waals surface area contributed by atoms with Gasteiger partial charge in [0.1, 0.15) is 5.01 Å². The molecule has 0 aliphatic carbocycles. The van der Waals surface area contributed by atoms with Crippen LogP contribution in [0.5, 0.6) is 0 Å². The number of carbonyl (C=O) groups excluding carboxylic acids is 1. The van der Waals surface area contributed by atoms with Gasteiger partial charge in [0.25, 0.3) is 0 Å². The van der Waals surface area contributed by atoms with E-state index in [-0.39, 0.29) is 29.9 Å². The highest BCUT2D eigenvalue weighted by atomic mass is 127. The Morgan fingerprint density at radius 3 is 2.52 bits per heavy atom.